The average molecular weight is 449 g/mol. The molecule has 160 valence electrons. The van der Waals surface area contributed by atoms with Crippen LogP contribution in [0.1, 0.15) is 27.7 Å². The lowest BCUT2D eigenvalue weighted by molar-refractivity contribution is -0.177. The number of carboxylic acids is 1. The second kappa shape index (κ2) is 7.21. The van der Waals surface area contributed by atoms with Crippen molar-refractivity contribution >= 4 is 41.0 Å². The van der Waals surface area contributed by atoms with Gasteiger partial charge in [0.05, 0.1) is 11.7 Å². The molecule has 2 aliphatic rings. The van der Waals surface area contributed by atoms with Crippen molar-refractivity contribution in [1.82, 2.24) is 10.2 Å². The minimum absolute atomic E-state index is 0.145. The molecule has 2 fully saturated rings. The molecular formula is C16H21Cl2F3N2O5. The number of piperidine rings is 1. The number of aliphatic carboxylic acids is 1. The number of hydrogen-bond acceptors (Lipinski definition) is 4. The van der Waals surface area contributed by atoms with E-state index in [0.29, 0.717) is 0 Å². The third-order valence-corrected chi connectivity index (χ3v) is 5.75. The number of carboxylic acid groups (broad SMARTS) is 1. The zero-order valence-electron chi connectivity index (χ0n) is 15.5. The Morgan fingerprint density at radius 2 is 1.79 bits per heavy atom. The third-order valence-electron chi connectivity index (χ3n) is 4.69. The van der Waals surface area contributed by atoms with Gasteiger partial charge in [-0.1, -0.05) is 0 Å². The van der Waals surface area contributed by atoms with Crippen LogP contribution in [-0.2, 0) is 19.1 Å². The van der Waals surface area contributed by atoms with Gasteiger partial charge in [0, 0.05) is 18.4 Å². The molecular weight excluding hydrogens is 428 g/mol. The molecule has 2 rings (SSSR count). The first kappa shape index (κ1) is 23.0. The highest BCUT2D eigenvalue weighted by Gasteiger charge is 2.74. The second-order valence-electron chi connectivity index (χ2n) is 7.96. The molecule has 0 bridgehead atoms. The van der Waals surface area contributed by atoms with E-state index in [1.807, 2.05) is 0 Å². The molecule has 1 heterocycles. The van der Waals surface area contributed by atoms with E-state index in [9.17, 15) is 32.7 Å². The molecule has 0 radical (unpaired) electrons. The molecule has 1 unspecified atom stereocenters. The SMILES string of the molecule is C[C@@H](OC(C)(C)C)C(NC(=O)C(F)(F)F)C(=O)N1C[C@H]2[C@@H]([C@H]1C(=O)O)C2(Cl)Cl. The Hall–Kier alpha value is -1.26. The summed E-state index contributed by atoms with van der Waals surface area (Å²) in [6.07, 6.45) is -6.39. The van der Waals surface area contributed by atoms with Crippen molar-refractivity contribution in [3.8, 4) is 0 Å². The summed E-state index contributed by atoms with van der Waals surface area (Å²) in [4.78, 5) is 36.9. The number of hydrogen-bond donors (Lipinski definition) is 2. The highest BCUT2D eigenvalue weighted by Crippen LogP contribution is 2.65. The number of rotatable bonds is 5. The quantitative estimate of drug-likeness (QED) is 0.626. The fourth-order valence-corrected chi connectivity index (χ4v) is 4.35. The van der Waals surface area contributed by atoms with E-state index in [2.05, 4.69) is 0 Å². The van der Waals surface area contributed by atoms with Gasteiger partial charge in [0.25, 0.3) is 0 Å². The number of ether oxygens (including phenoxy) is 1. The molecule has 12 heteroatoms. The van der Waals surface area contributed by atoms with Crippen molar-refractivity contribution in [2.24, 2.45) is 11.8 Å². The molecule has 2 amide bonds. The molecule has 1 saturated heterocycles. The molecule has 1 aliphatic carbocycles. The van der Waals surface area contributed by atoms with Gasteiger partial charge in [0.1, 0.15) is 16.4 Å². The van der Waals surface area contributed by atoms with Crippen LogP contribution in [0.2, 0.25) is 0 Å². The Morgan fingerprint density at radius 3 is 2.21 bits per heavy atom. The predicted octanol–water partition coefficient (Wildman–Crippen LogP) is 1.95. The molecule has 0 aromatic rings. The van der Waals surface area contributed by atoms with Crippen molar-refractivity contribution in [3.63, 3.8) is 0 Å². The topological polar surface area (TPSA) is 95.9 Å². The van der Waals surface area contributed by atoms with Gasteiger partial charge < -0.3 is 20.1 Å². The standard InChI is InChI=1S/C16H21Cl2F3N2O5/c1-6(28-14(2,3)4)9(22-13(27)16(19,20)21)11(24)23-5-7-8(15(7,17)18)10(23)12(25)26/h6-10H,5H2,1-4H3,(H,22,27)(H,25,26)/t6-,7+,8+,9?,10+/m1/s1. The molecule has 28 heavy (non-hydrogen) atoms. The lowest BCUT2D eigenvalue weighted by Gasteiger charge is -2.35. The Bertz CT molecular complexity index is 680. The number of carbonyl (C=O) groups excluding carboxylic acids is 2. The maximum atomic E-state index is 12.9. The number of likely N-dealkylation sites (tertiary alicyclic amines) is 1. The minimum atomic E-state index is -5.22. The van der Waals surface area contributed by atoms with Gasteiger partial charge >= 0.3 is 18.1 Å². The molecule has 5 atom stereocenters. The van der Waals surface area contributed by atoms with Gasteiger partial charge in [-0.15, -0.1) is 23.2 Å². The maximum Gasteiger partial charge on any atom is 0.471 e. The van der Waals surface area contributed by atoms with Crippen LogP contribution in [0.15, 0.2) is 0 Å². The van der Waals surface area contributed by atoms with Crippen LogP contribution >= 0.6 is 23.2 Å². The highest BCUT2D eigenvalue weighted by atomic mass is 35.5. The number of nitrogens with zero attached hydrogens (tertiary/aromatic N) is 1. The van der Waals surface area contributed by atoms with Gasteiger partial charge in [0.15, 0.2) is 0 Å². The summed E-state index contributed by atoms with van der Waals surface area (Å²) in [6, 6.07) is -3.15. The third kappa shape index (κ3) is 4.49. The van der Waals surface area contributed by atoms with Gasteiger partial charge in [-0.2, -0.15) is 13.2 Å². The Kier molecular flexibility index (Phi) is 5.93. The lowest BCUT2D eigenvalue weighted by Crippen LogP contribution is -2.60. The summed E-state index contributed by atoms with van der Waals surface area (Å²) >= 11 is 12.0. The number of amides is 2. The largest absolute Gasteiger partial charge is 0.480 e. The number of nitrogens with one attached hydrogen (secondary N) is 1. The summed E-state index contributed by atoms with van der Waals surface area (Å²) < 4.78 is 42.4. The van der Waals surface area contributed by atoms with Crippen molar-refractivity contribution in [3.05, 3.63) is 0 Å². The van der Waals surface area contributed by atoms with Crippen LogP contribution in [0, 0.1) is 11.8 Å². The van der Waals surface area contributed by atoms with Crippen LogP contribution in [-0.4, -0.2) is 68.6 Å². The smallest absolute Gasteiger partial charge is 0.471 e. The predicted molar refractivity (Wildman–Crippen MR) is 92.8 cm³/mol. The average Bonchev–Trinajstić information content (AvgIpc) is 2.87. The van der Waals surface area contributed by atoms with Crippen molar-refractivity contribution in [2.75, 3.05) is 6.54 Å². The van der Waals surface area contributed by atoms with Crippen molar-refractivity contribution in [1.29, 1.82) is 0 Å². The summed E-state index contributed by atoms with van der Waals surface area (Å²) in [5, 5.41) is 11.1. The summed E-state index contributed by atoms with van der Waals surface area (Å²) in [5.74, 6) is -5.96. The molecule has 0 aromatic heterocycles. The van der Waals surface area contributed by atoms with Crippen LogP contribution in [0.5, 0.6) is 0 Å². The van der Waals surface area contributed by atoms with E-state index in [1.165, 1.54) is 6.92 Å². The first-order valence-electron chi connectivity index (χ1n) is 8.45. The fraction of sp³-hybridized carbons (Fsp3) is 0.812. The summed E-state index contributed by atoms with van der Waals surface area (Å²) in [7, 11) is 0. The molecule has 0 spiro atoms. The Morgan fingerprint density at radius 1 is 1.25 bits per heavy atom. The van der Waals surface area contributed by atoms with Gasteiger partial charge in [-0.3, -0.25) is 9.59 Å². The van der Waals surface area contributed by atoms with Gasteiger partial charge in [-0.05, 0) is 27.7 Å². The van der Waals surface area contributed by atoms with Crippen LogP contribution in [0.3, 0.4) is 0 Å². The molecule has 1 aliphatic heterocycles. The van der Waals surface area contributed by atoms with Gasteiger partial charge in [0.2, 0.25) is 5.91 Å². The number of alkyl halides is 5. The van der Waals surface area contributed by atoms with Crippen LogP contribution in [0.25, 0.3) is 0 Å². The normalized spacial score (nSPS) is 28.3. The maximum absolute atomic E-state index is 12.9. The number of carbonyl (C=O) groups is 3. The second-order valence-corrected chi connectivity index (χ2v) is 9.41. The first-order valence-corrected chi connectivity index (χ1v) is 9.20. The monoisotopic (exact) mass is 448 g/mol. The number of halogens is 5. The van der Waals surface area contributed by atoms with E-state index in [-0.39, 0.29) is 6.54 Å². The molecule has 7 nitrogen and oxygen atoms in total. The van der Waals surface area contributed by atoms with Crippen molar-refractivity contribution in [2.45, 2.75) is 62.0 Å². The zero-order chi connectivity index (χ0) is 21.8. The van der Waals surface area contributed by atoms with E-state index >= 15 is 0 Å². The molecule has 2 N–H and O–H groups in total. The van der Waals surface area contributed by atoms with E-state index in [0.717, 1.165) is 4.90 Å². The molecule has 1 saturated carbocycles. The number of fused-ring (bicyclic) bond motifs is 1. The van der Waals surface area contributed by atoms with Crippen molar-refractivity contribution < 1.29 is 37.4 Å². The summed E-state index contributed by atoms with van der Waals surface area (Å²) in [5.41, 5.74) is -0.832. The van der Waals surface area contributed by atoms with Gasteiger partial charge in [-0.25, -0.2) is 4.79 Å². The summed E-state index contributed by atoms with van der Waals surface area (Å²) in [6.45, 7) is 6.05. The first-order chi connectivity index (χ1) is 12.5. The zero-order valence-corrected chi connectivity index (χ0v) is 17.0. The highest BCUT2D eigenvalue weighted by molar-refractivity contribution is 6.51. The van der Waals surface area contributed by atoms with E-state index in [4.69, 9.17) is 27.9 Å². The van der Waals surface area contributed by atoms with E-state index < -0.39 is 63.9 Å². The van der Waals surface area contributed by atoms with E-state index in [1.54, 1.807) is 26.1 Å². The van der Waals surface area contributed by atoms with Crippen LogP contribution < -0.4 is 5.32 Å². The Balaban J connectivity index is 2.28. The molecule has 0 aromatic carbocycles. The van der Waals surface area contributed by atoms with Crippen LogP contribution in [0.4, 0.5) is 13.2 Å². The lowest BCUT2D eigenvalue weighted by atomic mass is 10.1. The minimum Gasteiger partial charge on any atom is -0.480 e. The Labute approximate surface area is 169 Å². The fourth-order valence-electron chi connectivity index (χ4n) is 3.52.